The average molecular weight is 346 g/mol. The number of halogens is 1. The fourth-order valence-corrected chi connectivity index (χ4v) is 4.01. The Labute approximate surface area is 144 Å². The molecule has 2 amide bonds. The van der Waals surface area contributed by atoms with Crippen molar-refractivity contribution in [3.8, 4) is 0 Å². The summed E-state index contributed by atoms with van der Waals surface area (Å²) in [7, 11) is 0. The van der Waals surface area contributed by atoms with Crippen LogP contribution in [0.2, 0.25) is 0 Å². The highest BCUT2D eigenvalue weighted by molar-refractivity contribution is 6.17. The molecule has 0 bridgehead atoms. The van der Waals surface area contributed by atoms with Crippen molar-refractivity contribution in [1.29, 1.82) is 0 Å². The van der Waals surface area contributed by atoms with Crippen molar-refractivity contribution in [2.45, 2.75) is 12.8 Å². The van der Waals surface area contributed by atoms with E-state index in [4.69, 9.17) is 5.73 Å². The fraction of sp³-hybridized carbons (Fsp3) is 0.294. The van der Waals surface area contributed by atoms with Gasteiger partial charge in [0.1, 0.15) is 0 Å². The molecule has 4 aliphatic rings. The summed E-state index contributed by atoms with van der Waals surface area (Å²) in [6.45, 7) is 0. The number of hydrogen-bond acceptors (Lipinski definition) is 5. The number of imide groups is 1. The van der Waals surface area contributed by atoms with Crippen LogP contribution in [-0.2, 0) is 14.4 Å². The van der Waals surface area contributed by atoms with Gasteiger partial charge in [0.15, 0.2) is 5.78 Å². The second-order valence-electron chi connectivity index (χ2n) is 6.18. The molecule has 1 fully saturated rings. The molecule has 6 nitrogen and oxygen atoms in total. The van der Waals surface area contributed by atoms with Crippen LogP contribution in [0.25, 0.3) is 0 Å². The van der Waals surface area contributed by atoms with E-state index in [9.17, 15) is 14.4 Å². The van der Waals surface area contributed by atoms with Crippen LogP contribution in [-0.4, -0.2) is 23.3 Å². The SMILES string of the molecule is Cl.NC1=CC=CC23C1=CN=C2C=CC(=O)C3C1CCC(=O)NC1=O. The lowest BCUT2D eigenvalue weighted by molar-refractivity contribution is -0.141. The molecule has 3 N–H and O–H groups in total. The van der Waals surface area contributed by atoms with E-state index in [0.29, 0.717) is 17.8 Å². The lowest BCUT2D eigenvalue weighted by atomic mass is 9.57. The van der Waals surface area contributed by atoms with E-state index in [2.05, 4.69) is 10.3 Å². The van der Waals surface area contributed by atoms with E-state index >= 15 is 0 Å². The van der Waals surface area contributed by atoms with Crippen LogP contribution in [0.15, 0.2) is 52.8 Å². The zero-order chi connectivity index (χ0) is 16.2. The first-order chi connectivity index (χ1) is 11.0. The number of nitrogens with one attached hydrogen (secondary N) is 1. The third-order valence-electron chi connectivity index (χ3n) is 5.03. The number of rotatable bonds is 1. The number of carbonyl (C=O) groups excluding carboxylic acids is 3. The van der Waals surface area contributed by atoms with Crippen LogP contribution in [0.5, 0.6) is 0 Å². The van der Waals surface area contributed by atoms with Crippen LogP contribution >= 0.6 is 12.4 Å². The molecule has 124 valence electrons. The van der Waals surface area contributed by atoms with Crippen molar-refractivity contribution in [2.24, 2.45) is 28.0 Å². The van der Waals surface area contributed by atoms with Gasteiger partial charge in [0.05, 0.1) is 23.0 Å². The van der Waals surface area contributed by atoms with Crippen molar-refractivity contribution in [3.05, 3.63) is 47.9 Å². The number of hydrogen-bond donors (Lipinski definition) is 2. The number of nitrogens with zero attached hydrogens (tertiary/aromatic N) is 1. The zero-order valence-electron chi connectivity index (χ0n) is 12.7. The average Bonchev–Trinajstić information content (AvgIpc) is 2.89. The van der Waals surface area contributed by atoms with Gasteiger partial charge in [0, 0.05) is 23.9 Å². The fourth-order valence-electron chi connectivity index (χ4n) is 4.01. The number of aliphatic imine (C=N–C) groups is 1. The molecule has 24 heavy (non-hydrogen) atoms. The molecule has 2 aliphatic carbocycles. The molecule has 0 saturated carbocycles. The molecular weight excluding hydrogens is 330 g/mol. The molecule has 7 heteroatoms. The highest BCUT2D eigenvalue weighted by Gasteiger charge is 2.56. The number of amides is 2. The minimum atomic E-state index is -0.799. The quantitative estimate of drug-likeness (QED) is 0.691. The van der Waals surface area contributed by atoms with Crippen molar-refractivity contribution < 1.29 is 14.4 Å². The van der Waals surface area contributed by atoms with Gasteiger partial charge in [0.2, 0.25) is 11.8 Å². The third kappa shape index (κ3) is 2.03. The summed E-state index contributed by atoms with van der Waals surface area (Å²) in [5.41, 5.74) is 7.31. The largest absolute Gasteiger partial charge is 0.398 e. The number of allylic oxidation sites excluding steroid dienone is 6. The highest BCUT2D eigenvalue weighted by atomic mass is 35.5. The predicted octanol–water partition coefficient (Wildman–Crippen LogP) is 0.953. The number of piperidine rings is 1. The van der Waals surface area contributed by atoms with E-state index in [1.165, 1.54) is 6.08 Å². The molecule has 1 spiro atoms. The van der Waals surface area contributed by atoms with Gasteiger partial charge in [-0.25, -0.2) is 0 Å². The van der Waals surface area contributed by atoms with E-state index in [-0.39, 0.29) is 30.5 Å². The van der Waals surface area contributed by atoms with Gasteiger partial charge < -0.3 is 5.73 Å². The van der Waals surface area contributed by atoms with Crippen LogP contribution in [0.3, 0.4) is 0 Å². The smallest absolute Gasteiger partial charge is 0.230 e. The molecule has 0 radical (unpaired) electrons. The van der Waals surface area contributed by atoms with Crippen LogP contribution in [0.4, 0.5) is 0 Å². The van der Waals surface area contributed by atoms with Crippen LogP contribution in [0.1, 0.15) is 12.8 Å². The Bertz CT molecular complexity index is 806. The van der Waals surface area contributed by atoms with Gasteiger partial charge in [-0.05, 0) is 24.6 Å². The van der Waals surface area contributed by atoms with E-state index in [0.717, 1.165) is 5.57 Å². The van der Waals surface area contributed by atoms with E-state index in [1.54, 1.807) is 24.4 Å². The Morgan fingerprint density at radius 1 is 1.25 bits per heavy atom. The molecular formula is C17H16ClN3O3. The summed E-state index contributed by atoms with van der Waals surface area (Å²) < 4.78 is 0. The molecule has 3 atom stereocenters. The summed E-state index contributed by atoms with van der Waals surface area (Å²) in [5, 5.41) is 2.35. The van der Waals surface area contributed by atoms with E-state index < -0.39 is 23.2 Å². The Morgan fingerprint density at radius 3 is 2.79 bits per heavy atom. The minimum Gasteiger partial charge on any atom is -0.398 e. The van der Waals surface area contributed by atoms with E-state index in [1.807, 2.05) is 6.08 Å². The first-order valence-corrected chi connectivity index (χ1v) is 7.54. The summed E-state index contributed by atoms with van der Waals surface area (Å²) in [6.07, 6.45) is 10.9. The lowest BCUT2D eigenvalue weighted by Gasteiger charge is -2.44. The molecule has 0 aromatic heterocycles. The van der Waals surface area contributed by atoms with Crippen molar-refractivity contribution in [1.82, 2.24) is 5.32 Å². The normalized spacial score (nSPS) is 33.7. The van der Waals surface area contributed by atoms with Crippen molar-refractivity contribution in [3.63, 3.8) is 0 Å². The Hall–Kier alpha value is -2.47. The van der Waals surface area contributed by atoms with Crippen LogP contribution < -0.4 is 11.1 Å². The molecule has 3 unspecified atom stereocenters. The number of nitrogens with two attached hydrogens (primary N) is 1. The van der Waals surface area contributed by atoms with Gasteiger partial charge in [-0.1, -0.05) is 12.2 Å². The van der Waals surface area contributed by atoms with Gasteiger partial charge in [-0.2, -0.15) is 0 Å². The van der Waals surface area contributed by atoms with Gasteiger partial charge >= 0.3 is 0 Å². The van der Waals surface area contributed by atoms with Gasteiger partial charge in [-0.3, -0.25) is 24.7 Å². The number of ketones is 1. The molecule has 2 aliphatic heterocycles. The molecule has 0 aromatic carbocycles. The first-order valence-electron chi connectivity index (χ1n) is 7.54. The topological polar surface area (TPSA) is 102 Å². The first kappa shape index (κ1) is 16.4. The van der Waals surface area contributed by atoms with Gasteiger partial charge in [-0.15, -0.1) is 12.4 Å². The Kier molecular flexibility index (Phi) is 3.80. The maximum absolute atomic E-state index is 12.7. The second kappa shape index (κ2) is 5.56. The van der Waals surface area contributed by atoms with Crippen molar-refractivity contribution in [2.75, 3.05) is 0 Å². The maximum Gasteiger partial charge on any atom is 0.230 e. The van der Waals surface area contributed by atoms with Crippen LogP contribution in [0, 0.1) is 17.3 Å². The Morgan fingerprint density at radius 2 is 2.04 bits per heavy atom. The molecule has 1 saturated heterocycles. The molecule has 4 rings (SSSR count). The zero-order valence-corrected chi connectivity index (χ0v) is 13.5. The predicted molar refractivity (Wildman–Crippen MR) is 90.1 cm³/mol. The second-order valence-corrected chi connectivity index (χ2v) is 6.18. The maximum atomic E-state index is 12.7. The number of carbonyl (C=O) groups is 3. The standard InChI is InChI=1S/C17H15N3O3.ClH/c18-11-2-1-7-17-10(11)8-19-13(17)5-4-12(21)15(17)9-3-6-14(22)20-16(9)23;/h1-2,4-5,7-9,15H,3,6,18H2,(H,20,22,23);1H. The highest BCUT2D eigenvalue weighted by Crippen LogP contribution is 2.52. The summed E-state index contributed by atoms with van der Waals surface area (Å²) in [4.78, 5) is 40.9. The summed E-state index contributed by atoms with van der Waals surface area (Å²) in [5.74, 6) is -2.02. The Balaban J connectivity index is 0.00000169. The minimum absolute atomic E-state index is 0. The molecule has 2 heterocycles. The summed E-state index contributed by atoms with van der Waals surface area (Å²) >= 11 is 0. The van der Waals surface area contributed by atoms with Gasteiger partial charge in [0.25, 0.3) is 0 Å². The third-order valence-corrected chi connectivity index (χ3v) is 5.03. The lowest BCUT2D eigenvalue weighted by Crippen LogP contribution is -2.54. The summed E-state index contributed by atoms with van der Waals surface area (Å²) in [6, 6.07) is 0. The van der Waals surface area contributed by atoms with Crippen molar-refractivity contribution >= 4 is 35.7 Å². The monoisotopic (exact) mass is 345 g/mol. The molecule has 0 aromatic rings.